The van der Waals surface area contributed by atoms with Crippen molar-refractivity contribution < 1.29 is 9.53 Å². The highest BCUT2D eigenvalue weighted by Gasteiger charge is 2.05. The van der Waals surface area contributed by atoms with E-state index in [0.717, 1.165) is 23.3 Å². The second-order valence-corrected chi connectivity index (χ2v) is 3.81. The summed E-state index contributed by atoms with van der Waals surface area (Å²) >= 11 is 4.14. The van der Waals surface area contributed by atoms with Crippen molar-refractivity contribution in [1.82, 2.24) is 0 Å². The zero-order valence-corrected chi connectivity index (χ0v) is 10.2. The molecule has 0 bridgehead atoms. The van der Waals surface area contributed by atoms with Crippen LogP contribution < -0.4 is 0 Å². The number of allylic oxidation sites excluding steroid dienone is 1. The summed E-state index contributed by atoms with van der Waals surface area (Å²) in [6, 6.07) is 7.82. The number of rotatable bonds is 5. The maximum Gasteiger partial charge on any atom is 0.309 e. The molecule has 3 heteroatoms. The largest absolute Gasteiger partial charge is 0.469 e. The molecule has 0 unspecified atom stereocenters. The quantitative estimate of drug-likeness (QED) is 0.628. The smallest absolute Gasteiger partial charge is 0.309 e. The molecule has 0 aliphatic heterocycles. The van der Waals surface area contributed by atoms with E-state index in [0.29, 0.717) is 6.42 Å². The predicted octanol–water partition coefficient (Wildman–Crippen LogP) is 2.74. The molecule has 0 aliphatic carbocycles. The van der Waals surface area contributed by atoms with Crippen molar-refractivity contribution in [2.24, 2.45) is 0 Å². The molecule has 0 aliphatic rings. The molecule has 0 radical (unpaired) electrons. The van der Waals surface area contributed by atoms with Gasteiger partial charge < -0.3 is 4.74 Å². The van der Waals surface area contributed by atoms with E-state index in [1.54, 1.807) is 0 Å². The van der Waals surface area contributed by atoms with E-state index in [9.17, 15) is 4.79 Å². The van der Waals surface area contributed by atoms with Crippen LogP contribution in [0, 0.1) is 0 Å². The second kappa shape index (κ2) is 7.12. The zero-order valence-electron chi connectivity index (χ0n) is 9.35. The first-order chi connectivity index (χ1) is 7.77. The first kappa shape index (κ1) is 12.8. The molecule has 0 fully saturated rings. The Bertz CT molecular complexity index is 372. The lowest BCUT2D eigenvalue weighted by atomic mass is 10.0. The van der Waals surface area contributed by atoms with Gasteiger partial charge in [-0.1, -0.05) is 36.4 Å². The maximum atomic E-state index is 11.2. The Kier molecular flexibility index (Phi) is 5.72. The molecule has 1 aromatic carbocycles. The summed E-state index contributed by atoms with van der Waals surface area (Å²) in [5.41, 5.74) is 2.06. The molecule has 0 amide bonds. The van der Waals surface area contributed by atoms with Gasteiger partial charge in [0.25, 0.3) is 0 Å². The summed E-state index contributed by atoms with van der Waals surface area (Å²) in [4.78, 5) is 11.2. The fourth-order valence-corrected chi connectivity index (χ4v) is 1.52. The summed E-state index contributed by atoms with van der Waals surface area (Å²) < 4.78 is 4.66. The molecule has 16 heavy (non-hydrogen) atoms. The second-order valence-electron chi connectivity index (χ2n) is 3.37. The van der Waals surface area contributed by atoms with Crippen molar-refractivity contribution in [3.63, 3.8) is 0 Å². The molecule has 2 nitrogen and oxygen atoms in total. The molecule has 0 saturated carbocycles. The standard InChI is InChI=1S/C13H16O2S/c1-15-13(14)10-12-8-3-2-6-11(12)7-4-5-9-16/h2-4,6-8,16H,5,9-10H2,1H3. The minimum Gasteiger partial charge on any atom is -0.469 e. The lowest BCUT2D eigenvalue weighted by Crippen LogP contribution is -2.05. The Morgan fingerprint density at radius 1 is 1.44 bits per heavy atom. The number of carbonyl (C=O) groups is 1. The zero-order chi connectivity index (χ0) is 11.8. The fraction of sp³-hybridized carbons (Fsp3) is 0.308. The van der Waals surface area contributed by atoms with Crippen molar-refractivity contribution in [2.75, 3.05) is 12.9 Å². The van der Waals surface area contributed by atoms with Gasteiger partial charge in [-0.25, -0.2) is 0 Å². The van der Waals surface area contributed by atoms with Crippen LogP contribution in [-0.4, -0.2) is 18.8 Å². The molecular formula is C13H16O2S. The summed E-state index contributed by atoms with van der Waals surface area (Å²) in [6.45, 7) is 0. The van der Waals surface area contributed by atoms with Crippen LogP contribution in [0.5, 0.6) is 0 Å². The average Bonchev–Trinajstić information content (AvgIpc) is 2.31. The van der Waals surface area contributed by atoms with Gasteiger partial charge in [0, 0.05) is 0 Å². The van der Waals surface area contributed by atoms with Gasteiger partial charge in [-0.05, 0) is 23.3 Å². The minimum atomic E-state index is -0.213. The molecule has 1 rings (SSSR count). The topological polar surface area (TPSA) is 26.3 Å². The first-order valence-electron chi connectivity index (χ1n) is 5.20. The van der Waals surface area contributed by atoms with Crippen LogP contribution in [0.4, 0.5) is 0 Å². The van der Waals surface area contributed by atoms with Gasteiger partial charge in [0.15, 0.2) is 0 Å². The molecule has 0 saturated heterocycles. The van der Waals surface area contributed by atoms with E-state index in [2.05, 4.69) is 23.4 Å². The molecule has 86 valence electrons. The SMILES string of the molecule is COC(=O)Cc1ccccc1C=CCCS. The number of ether oxygens (including phenoxy) is 1. The van der Waals surface area contributed by atoms with Gasteiger partial charge in [0.2, 0.25) is 0 Å². The highest BCUT2D eigenvalue weighted by Crippen LogP contribution is 2.12. The van der Waals surface area contributed by atoms with Crippen molar-refractivity contribution in [3.05, 3.63) is 41.5 Å². The molecular weight excluding hydrogens is 220 g/mol. The Morgan fingerprint density at radius 2 is 2.19 bits per heavy atom. The highest BCUT2D eigenvalue weighted by molar-refractivity contribution is 7.80. The van der Waals surface area contributed by atoms with Crippen LogP contribution in [-0.2, 0) is 16.0 Å². The van der Waals surface area contributed by atoms with Gasteiger partial charge in [0.05, 0.1) is 13.5 Å². The number of hydrogen-bond acceptors (Lipinski definition) is 3. The van der Waals surface area contributed by atoms with E-state index in [-0.39, 0.29) is 5.97 Å². The van der Waals surface area contributed by atoms with Gasteiger partial charge in [-0.15, -0.1) is 0 Å². The Labute approximate surface area is 102 Å². The number of carbonyl (C=O) groups excluding carboxylic acids is 1. The summed E-state index contributed by atoms with van der Waals surface area (Å²) in [5, 5.41) is 0. The van der Waals surface area contributed by atoms with Crippen LogP contribution in [0.15, 0.2) is 30.3 Å². The van der Waals surface area contributed by atoms with Gasteiger partial charge in [-0.2, -0.15) is 12.6 Å². The first-order valence-corrected chi connectivity index (χ1v) is 5.83. The maximum absolute atomic E-state index is 11.2. The summed E-state index contributed by atoms with van der Waals surface area (Å²) in [5.74, 6) is 0.616. The van der Waals surface area contributed by atoms with E-state index < -0.39 is 0 Å². The van der Waals surface area contributed by atoms with Gasteiger partial charge >= 0.3 is 5.97 Å². The Balaban J connectivity index is 2.79. The van der Waals surface area contributed by atoms with E-state index in [1.807, 2.05) is 30.3 Å². The molecule has 1 aromatic rings. The van der Waals surface area contributed by atoms with Crippen LogP contribution >= 0.6 is 12.6 Å². The average molecular weight is 236 g/mol. The normalized spacial score (nSPS) is 10.6. The lowest BCUT2D eigenvalue weighted by molar-refractivity contribution is -0.139. The van der Waals surface area contributed by atoms with Gasteiger partial charge in [-0.3, -0.25) is 4.79 Å². The minimum absolute atomic E-state index is 0.213. The van der Waals surface area contributed by atoms with Crippen LogP contribution in [0.3, 0.4) is 0 Å². The van der Waals surface area contributed by atoms with Crippen LogP contribution in [0.25, 0.3) is 6.08 Å². The molecule has 0 spiro atoms. The lowest BCUT2D eigenvalue weighted by Gasteiger charge is -2.04. The van der Waals surface area contributed by atoms with Crippen molar-refractivity contribution in [1.29, 1.82) is 0 Å². The monoisotopic (exact) mass is 236 g/mol. The third kappa shape index (κ3) is 4.11. The third-order valence-electron chi connectivity index (χ3n) is 2.21. The van der Waals surface area contributed by atoms with E-state index in [1.165, 1.54) is 7.11 Å². The molecule has 0 N–H and O–H groups in total. The van der Waals surface area contributed by atoms with Crippen molar-refractivity contribution in [2.45, 2.75) is 12.8 Å². The Hall–Kier alpha value is -1.22. The summed E-state index contributed by atoms with van der Waals surface area (Å²) in [6.07, 6.45) is 5.32. The number of esters is 1. The number of benzene rings is 1. The summed E-state index contributed by atoms with van der Waals surface area (Å²) in [7, 11) is 1.40. The highest BCUT2D eigenvalue weighted by atomic mass is 32.1. The van der Waals surface area contributed by atoms with E-state index >= 15 is 0 Å². The van der Waals surface area contributed by atoms with Crippen LogP contribution in [0.1, 0.15) is 17.5 Å². The molecule has 0 heterocycles. The van der Waals surface area contributed by atoms with Gasteiger partial charge in [0.1, 0.15) is 0 Å². The number of hydrogen-bond donors (Lipinski definition) is 1. The third-order valence-corrected chi connectivity index (χ3v) is 2.47. The van der Waals surface area contributed by atoms with Crippen molar-refractivity contribution >= 4 is 24.7 Å². The molecule has 0 atom stereocenters. The Morgan fingerprint density at radius 3 is 2.88 bits per heavy atom. The fourth-order valence-electron chi connectivity index (χ4n) is 1.37. The number of methoxy groups -OCH3 is 1. The van der Waals surface area contributed by atoms with Crippen molar-refractivity contribution in [3.8, 4) is 0 Å². The predicted molar refractivity (Wildman–Crippen MR) is 69.7 cm³/mol. The molecule has 0 aromatic heterocycles. The number of thiol groups is 1. The van der Waals surface area contributed by atoms with Crippen LogP contribution in [0.2, 0.25) is 0 Å². The van der Waals surface area contributed by atoms with E-state index in [4.69, 9.17) is 0 Å².